The van der Waals surface area contributed by atoms with Crippen LogP contribution in [0.1, 0.15) is 23.2 Å². The summed E-state index contributed by atoms with van der Waals surface area (Å²) in [5.41, 5.74) is -3.37. The van der Waals surface area contributed by atoms with E-state index in [4.69, 9.17) is 0 Å². The molecule has 1 aromatic heterocycles. The largest absolute Gasteiger partial charge is 0.418 e. The van der Waals surface area contributed by atoms with Crippen LogP contribution in [0, 0.1) is 5.95 Å². The Labute approximate surface area is 94.6 Å². The Morgan fingerprint density at radius 3 is 2.25 bits per heavy atom. The van der Waals surface area contributed by atoms with Crippen LogP contribution in [-0.2, 0) is 11.5 Å². The molecule has 0 atom stereocenters. The van der Waals surface area contributed by atoms with Gasteiger partial charge in [0.05, 0.1) is 16.8 Å². The van der Waals surface area contributed by atoms with Gasteiger partial charge in [0.2, 0.25) is 5.95 Å². The highest BCUT2D eigenvalue weighted by Gasteiger charge is 2.36. The fourth-order valence-corrected chi connectivity index (χ4v) is 1.47. The van der Waals surface area contributed by atoms with E-state index >= 15 is 0 Å². The van der Waals surface area contributed by atoms with Gasteiger partial charge >= 0.3 is 6.18 Å². The number of alkyl halides is 6. The smallest absolute Gasteiger partial charge is 0.223 e. The second-order valence-corrected chi connectivity index (χ2v) is 3.36. The van der Waals surface area contributed by atoms with Gasteiger partial charge in [-0.15, -0.1) is 0 Å². The Bertz CT molecular complexity index is 389. The predicted molar refractivity (Wildman–Crippen MR) is 46.8 cm³/mol. The van der Waals surface area contributed by atoms with Crippen LogP contribution in [0.4, 0.5) is 26.3 Å². The van der Waals surface area contributed by atoms with Crippen molar-refractivity contribution in [3.63, 3.8) is 0 Å². The summed E-state index contributed by atoms with van der Waals surface area (Å²) in [6.07, 6.45) is -8.18. The zero-order valence-corrected chi connectivity index (χ0v) is 9.04. The molecule has 0 saturated heterocycles. The molecule has 0 N–H and O–H groups in total. The van der Waals surface area contributed by atoms with E-state index in [1.165, 1.54) is 0 Å². The monoisotopic (exact) mass is 307 g/mol. The summed E-state index contributed by atoms with van der Waals surface area (Å²) >= 11 is 2.68. The quantitative estimate of drug-likeness (QED) is 0.456. The lowest BCUT2D eigenvalue weighted by Crippen LogP contribution is -2.13. The minimum Gasteiger partial charge on any atom is -0.223 e. The third kappa shape index (κ3) is 2.66. The summed E-state index contributed by atoms with van der Waals surface area (Å²) in [4.78, 5) is 2.87. The Hall–Kier alpha value is -0.790. The first-order chi connectivity index (χ1) is 7.27. The van der Waals surface area contributed by atoms with Crippen molar-refractivity contribution in [2.75, 3.05) is 0 Å². The number of hydrogen-bond donors (Lipinski definition) is 0. The molecule has 0 aliphatic rings. The molecule has 1 heterocycles. The standard InChI is InChI=1S/C8H4BrF6N/c9-2-5-4(8(13,14)15)1-3(6(10)11)7(12)16-5/h1,6H,2H2. The summed E-state index contributed by atoms with van der Waals surface area (Å²) in [5, 5.41) is -0.373. The minimum atomic E-state index is -4.84. The number of halogens is 7. The molecule has 0 amide bonds. The molecule has 0 fully saturated rings. The van der Waals surface area contributed by atoms with Gasteiger partial charge in [0.15, 0.2) is 0 Å². The van der Waals surface area contributed by atoms with Gasteiger partial charge in [-0.05, 0) is 6.07 Å². The van der Waals surface area contributed by atoms with Crippen LogP contribution in [0.2, 0.25) is 0 Å². The van der Waals surface area contributed by atoms with Crippen molar-refractivity contribution < 1.29 is 26.3 Å². The molecular weight excluding hydrogens is 304 g/mol. The summed E-state index contributed by atoms with van der Waals surface area (Å²) in [7, 11) is 0. The van der Waals surface area contributed by atoms with Crippen molar-refractivity contribution in [2.24, 2.45) is 0 Å². The molecule has 1 rings (SSSR count). The summed E-state index contributed by atoms with van der Waals surface area (Å²) in [6.45, 7) is 0. The Kier molecular flexibility index (Phi) is 3.82. The first-order valence-corrected chi connectivity index (χ1v) is 5.00. The molecule has 0 bridgehead atoms. The topological polar surface area (TPSA) is 12.9 Å². The zero-order chi connectivity index (χ0) is 12.5. The van der Waals surface area contributed by atoms with Crippen molar-refractivity contribution in [1.82, 2.24) is 4.98 Å². The van der Waals surface area contributed by atoms with E-state index in [1.807, 2.05) is 0 Å². The average molecular weight is 308 g/mol. The maximum absolute atomic E-state index is 12.9. The van der Waals surface area contributed by atoms with E-state index in [2.05, 4.69) is 20.9 Å². The van der Waals surface area contributed by atoms with Gasteiger partial charge in [-0.1, -0.05) is 15.9 Å². The van der Waals surface area contributed by atoms with E-state index in [1.54, 1.807) is 0 Å². The molecule has 0 aliphatic heterocycles. The Morgan fingerprint density at radius 2 is 1.88 bits per heavy atom. The van der Waals surface area contributed by atoms with Gasteiger partial charge in [0.1, 0.15) is 0 Å². The van der Waals surface area contributed by atoms with Crippen molar-refractivity contribution in [2.45, 2.75) is 17.9 Å². The lowest BCUT2D eigenvalue weighted by molar-refractivity contribution is -0.138. The summed E-state index contributed by atoms with van der Waals surface area (Å²) in [5.74, 6) is -1.59. The second kappa shape index (κ2) is 4.60. The van der Waals surface area contributed by atoms with E-state index in [0.29, 0.717) is 0 Å². The third-order valence-corrected chi connectivity index (χ3v) is 2.28. The first-order valence-electron chi connectivity index (χ1n) is 3.88. The van der Waals surface area contributed by atoms with Gasteiger partial charge in [0.25, 0.3) is 6.43 Å². The number of hydrogen-bond acceptors (Lipinski definition) is 1. The molecule has 1 aromatic rings. The fraction of sp³-hybridized carbons (Fsp3) is 0.375. The normalized spacial score (nSPS) is 12.2. The number of pyridine rings is 1. The molecule has 8 heteroatoms. The van der Waals surface area contributed by atoms with Crippen LogP contribution in [0.15, 0.2) is 6.07 Å². The zero-order valence-electron chi connectivity index (χ0n) is 7.45. The molecular formula is C8H4BrF6N. The van der Waals surface area contributed by atoms with Crippen LogP contribution < -0.4 is 0 Å². The van der Waals surface area contributed by atoms with Crippen LogP contribution in [0.25, 0.3) is 0 Å². The van der Waals surface area contributed by atoms with E-state index in [9.17, 15) is 26.3 Å². The highest BCUT2D eigenvalue weighted by Crippen LogP contribution is 2.35. The highest BCUT2D eigenvalue weighted by atomic mass is 79.9. The molecule has 0 radical (unpaired) electrons. The van der Waals surface area contributed by atoms with Gasteiger partial charge < -0.3 is 0 Å². The van der Waals surface area contributed by atoms with Gasteiger partial charge in [-0.3, -0.25) is 0 Å². The molecule has 90 valence electrons. The van der Waals surface area contributed by atoms with Crippen LogP contribution >= 0.6 is 15.9 Å². The van der Waals surface area contributed by atoms with Gasteiger partial charge in [0, 0.05) is 5.33 Å². The number of aromatic nitrogens is 1. The fourth-order valence-electron chi connectivity index (χ4n) is 1.04. The third-order valence-electron chi connectivity index (χ3n) is 1.75. The molecule has 0 saturated carbocycles. The van der Waals surface area contributed by atoms with Crippen LogP contribution in [0.3, 0.4) is 0 Å². The number of rotatable bonds is 2. The molecule has 0 spiro atoms. The SMILES string of the molecule is Fc1nc(CBr)c(C(F)(F)F)cc1C(F)F. The van der Waals surface area contributed by atoms with E-state index in [0.717, 1.165) is 0 Å². The van der Waals surface area contributed by atoms with Crippen molar-refractivity contribution in [3.8, 4) is 0 Å². The highest BCUT2D eigenvalue weighted by molar-refractivity contribution is 9.08. The minimum absolute atomic E-state index is 0.0869. The Balaban J connectivity index is 3.41. The molecule has 16 heavy (non-hydrogen) atoms. The van der Waals surface area contributed by atoms with Crippen molar-refractivity contribution in [3.05, 3.63) is 28.8 Å². The predicted octanol–water partition coefficient (Wildman–Crippen LogP) is 4.07. The van der Waals surface area contributed by atoms with E-state index < -0.39 is 35.4 Å². The maximum atomic E-state index is 12.9. The lowest BCUT2D eigenvalue weighted by Gasteiger charge is -2.12. The molecule has 1 nitrogen and oxygen atoms in total. The molecule has 0 aliphatic carbocycles. The summed E-state index contributed by atoms with van der Waals surface area (Å²) < 4.78 is 74.4. The maximum Gasteiger partial charge on any atom is 0.418 e. The molecule has 0 unspecified atom stereocenters. The second-order valence-electron chi connectivity index (χ2n) is 2.79. The van der Waals surface area contributed by atoms with E-state index in [-0.39, 0.29) is 11.4 Å². The van der Waals surface area contributed by atoms with Gasteiger partial charge in [-0.2, -0.15) is 17.6 Å². The molecule has 0 aromatic carbocycles. The Morgan fingerprint density at radius 1 is 1.31 bits per heavy atom. The average Bonchev–Trinajstić information content (AvgIpc) is 2.14. The first kappa shape index (κ1) is 13.3. The van der Waals surface area contributed by atoms with Crippen LogP contribution in [-0.4, -0.2) is 4.98 Å². The van der Waals surface area contributed by atoms with Crippen LogP contribution in [0.5, 0.6) is 0 Å². The van der Waals surface area contributed by atoms with Gasteiger partial charge in [-0.25, -0.2) is 13.8 Å². The lowest BCUT2D eigenvalue weighted by atomic mass is 10.1. The van der Waals surface area contributed by atoms with Crippen molar-refractivity contribution >= 4 is 15.9 Å². The number of nitrogens with zero attached hydrogens (tertiary/aromatic N) is 1. The summed E-state index contributed by atoms with van der Waals surface area (Å²) in [6, 6.07) is 0.0869. The van der Waals surface area contributed by atoms with Crippen molar-refractivity contribution in [1.29, 1.82) is 0 Å².